The van der Waals surface area contributed by atoms with Crippen LogP contribution in [-0.4, -0.2) is 20.2 Å². The second-order valence-corrected chi connectivity index (χ2v) is 6.52. The lowest BCUT2D eigenvalue weighted by atomic mass is 9.94. The lowest BCUT2D eigenvalue weighted by Gasteiger charge is -2.08. The molecule has 1 heterocycles. The minimum Gasteiger partial charge on any atom is -0.497 e. The van der Waals surface area contributed by atoms with E-state index in [0.717, 1.165) is 33.8 Å². The summed E-state index contributed by atoms with van der Waals surface area (Å²) in [6, 6.07) is 24.8. The van der Waals surface area contributed by atoms with E-state index < -0.39 is 0 Å². The van der Waals surface area contributed by atoms with E-state index in [4.69, 9.17) is 14.2 Å². The van der Waals surface area contributed by atoms with Gasteiger partial charge in [0.15, 0.2) is 0 Å². The standard InChI is InChI=1S/C25H20O4/c1-27-20-12-8-17(9-13-20)16-22-23(19-10-14-21(28-2)15-11-19)24(25(26)29-22)18-6-4-3-5-7-18/h3-16H,1-2H3/b22-16-. The Bertz CT molecular complexity index is 1080. The first-order valence-corrected chi connectivity index (χ1v) is 9.22. The van der Waals surface area contributed by atoms with Crippen molar-refractivity contribution >= 4 is 23.2 Å². The average Bonchev–Trinajstić information content (AvgIpc) is 3.10. The van der Waals surface area contributed by atoms with Crippen molar-refractivity contribution in [3.8, 4) is 11.5 Å². The van der Waals surface area contributed by atoms with E-state index in [1.54, 1.807) is 14.2 Å². The summed E-state index contributed by atoms with van der Waals surface area (Å²) in [5, 5.41) is 0. The van der Waals surface area contributed by atoms with Crippen LogP contribution in [0.15, 0.2) is 84.6 Å². The Hall–Kier alpha value is -3.79. The number of hydrogen-bond donors (Lipinski definition) is 0. The van der Waals surface area contributed by atoms with Crippen molar-refractivity contribution < 1.29 is 19.0 Å². The minimum atomic E-state index is -0.359. The van der Waals surface area contributed by atoms with Gasteiger partial charge in [0.05, 0.1) is 19.8 Å². The predicted molar refractivity (Wildman–Crippen MR) is 113 cm³/mol. The van der Waals surface area contributed by atoms with Crippen molar-refractivity contribution in [2.45, 2.75) is 0 Å². The molecule has 0 amide bonds. The van der Waals surface area contributed by atoms with E-state index in [9.17, 15) is 4.79 Å². The number of allylic oxidation sites excluding steroid dienone is 1. The molecule has 4 heteroatoms. The molecule has 0 saturated heterocycles. The van der Waals surface area contributed by atoms with Gasteiger partial charge in [-0.3, -0.25) is 0 Å². The van der Waals surface area contributed by atoms with Crippen LogP contribution in [0.5, 0.6) is 11.5 Å². The Morgan fingerprint density at radius 2 is 1.24 bits per heavy atom. The smallest absolute Gasteiger partial charge is 0.344 e. The summed E-state index contributed by atoms with van der Waals surface area (Å²) >= 11 is 0. The van der Waals surface area contributed by atoms with Gasteiger partial charge in [-0.05, 0) is 47.0 Å². The maximum Gasteiger partial charge on any atom is 0.344 e. The number of ether oxygens (including phenoxy) is 3. The lowest BCUT2D eigenvalue weighted by Crippen LogP contribution is -1.98. The second kappa shape index (κ2) is 8.07. The van der Waals surface area contributed by atoms with Crippen LogP contribution in [0, 0.1) is 0 Å². The summed E-state index contributed by atoms with van der Waals surface area (Å²) in [6.07, 6.45) is 1.87. The molecule has 0 saturated carbocycles. The zero-order valence-corrected chi connectivity index (χ0v) is 16.2. The van der Waals surface area contributed by atoms with Crippen molar-refractivity contribution in [3.05, 3.63) is 101 Å². The quantitative estimate of drug-likeness (QED) is 0.566. The van der Waals surface area contributed by atoms with E-state index in [-0.39, 0.29) is 5.97 Å². The number of benzene rings is 3. The number of cyclic esters (lactones) is 1. The number of carbonyl (C=O) groups excluding carboxylic acids is 1. The fraction of sp³-hybridized carbons (Fsp3) is 0.0800. The zero-order valence-electron chi connectivity index (χ0n) is 16.2. The molecule has 0 atom stereocenters. The van der Waals surface area contributed by atoms with E-state index >= 15 is 0 Å². The highest BCUT2D eigenvalue weighted by Gasteiger charge is 2.31. The third-order valence-electron chi connectivity index (χ3n) is 4.76. The van der Waals surface area contributed by atoms with Gasteiger partial charge in [0.25, 0.3) is 0 Å². The van der Waals surface area contributed by atoms with E-state index in [1.807, 2.05) is 84.9 Å². The molecule has 0 fully saturated rings. The average molecular weight is 384 g/mol. The number of rotatable bonds is 5. The van der Waals surface area contributed by atoms with Crippen LogP contribution in [0.4, 0.5) is 0 Å². The molecular weight excluding hydrogens is 364 g/mol. The number of hydrogen-bond acceptors (Lipinski definition) is 4. The SMILES string of the molecule is COc1ccc(/C=C2\OC(=O)C(c3ccccc3)=C2c2ccc(OC)cc2)cc1. The largest absolute Gasteiger partial charge is 0.497 e. The molecule has 144 valence electrons. The van der Waals surface area contributed by atoms with Crippen molar-refractivity contribution in [2.75, 3.05) is 14.2 Å². The minimum absolute atomic E-state index is 0.359. The molecule has 3 aromatic carbocycles. The molecule has 4 nitrogen and oxygen atoms in total. The second-order valence-electron chi connectivity index (χ2n) is 6.52. The molecule has 3 aromatic rings. The first-order chi connectivity index (χ1) is 14.2. The Morgan fingerprint density at radius 1 is 0.690 bits per heavy atom. The molecule has 0 N–H and O–H groups in total. The Morgan fingerprint density at radius 3 is 1.83 bits per heavy atom. The highest BCUT2D eigenvalue weighted by Crippen LogP contribution is 2.41. The summed E-state index contributed by atoms with van der Waals surface area (Å²) in [5.74, 6) is 1.68. The lowest BCUT2D eigenvalue weighted by molar-refractivity contribution is -0.131. The van der Waals surface area contributed by atoms with E-state index in [0.29, 0.717) is 11.3 Å². The summed E-state index contributed by atoms with van der Waals surface area (Å²) in [6.45, 7) is 0. The van der Waals surface area contributed by atoms with E-state index in [2.05, 4.69) is 0 Å². The molecule has 4 rings (SSSR count). The number of esters is 1. The van der Waals surface area contributed by atoms with Gasteiger partial charge in [-0.15, -0.1) is 0 Å². The fourth-order valence-corrected chi connectivity index (χ4v) is 3.29. The molecule has 0 aromatic heterocycles. The number of carbonyl (C=O) groups is 1. The molecule has 0 aliphatic carbocycles. The normalized spacial score (nSPS) is 14.8. The van der Waals surface area contributed by atoms with Crippen LogP contribution in [0.2, 0.25) is 0 Å². The van der Waals surface area contributed by atoms with Gasteiger partial charge in [-0.1, -0.05) is 54.6 Å². The topological polar surface area (TPSA) is 44.8 Å². The van der Waals surface area contributed by atoms with Crippen LogP contribution in [-0.2, 0) is 9.53 Å². The van der Waals surface area contributed by atoms with Crippen molar-refractivity contribution in [1.82, 2.24) is 0 Å². The Labute approximate surface area is 169 Å². The van der Waals surface area contributed by atoms with Crippen LogP contribution >= 0.6 is 0 Å². The van der Waals surface area contributed by atoms with Gasteiger partial charge in [-0.2, -0.15) is 0 Å². The van der Waals surface area contributed by atoms with Gasteiger partial charge in [0.1, 0.15) is 17.3 Å². The monoisotopic (exact) mass is 384 g/mol. The molecular formula is C25H20O4. The van der Waals surface area contributed by atoms with Crippen LogP contribution in [0.1, 0.15) is 16.7 Å². The molecule has 1 aliphatic rings. The Kier molecular flexibility index (Phi) is 5.16. The van der Waals surface area contributed by atoms with Crippen LogP contribution in [0.25, 0.3) is 17.2 Å². The Balaban J connectivity index is 1.86. The summed E-state index contributed by atoms with van der Waals surface area (Å²) < 4.78 is 16.2. The van der Waals surface area contributed by atoms with Gasteiger partial charge in [0, 0.05) is 5.57 Å². The molecule has 0 bridgehead atoms. The van der Waals surface area contributed by atoms with Crippen molar-refractivity contribution in [2.24, 2.45) is 0 Å². The maximum atomic E-state index is 12.8. The molecule has 29 heavy (non-hydrogen) atoms. The first-order valence-electron chi connectivity index (χ1n) is 9.22. The molecule has 1 aliphatic heterocycles. The predicted octanol–water partition coefficient (Wildman–Crippen LogP) is 5.21. The van der Waals surface area contributed by atoms with Gasteiger partial charge >= 0.3 is 5.97 Å². The first kappa shape index (κ1) is 18.6. The van der Waals surface area contributed by atoms with Crippen LogP contribution < -0.4 is 9.47 Å². The van der Waals surface area contributed by atoms with Gasteiger partial charge in [0.2, 0.25) is 0 Å². The fourth-order valence-electron chi connectivity index (χ4n) is 3.29. The van der Waals surface area contributed by atoms with Crippen molar-refractivity contribution in [1.29, 1.82) is 0 Å². The third kappa shape index (κ3) is 3.78. The summed E-state index contributed by atoms with van der Waals surface area (Å²) in [4.78, 5) is 12.8. The van der Waals surface area contributed by atoms with Gasteiger partial charge in [-0.25, -0.2) is 4.79 Å². The highest BCUT2D eigenvalue weighted by atomic mass is 16.5. The summed E-state index contributed by atoms with van der Waals surface area (Å²) in [5.41, 5.74) is 3.93. The molecule has 0 spiro atoms. The summed E-state index contributed by atoms with van der Waals surface area (Å²) in [7, 11) is 3.25. The van der Waals surface area contributed by atoms with Gasteiger partial charge < -0.3 is 14.2 Å². The molecule has 0 radical (unpaired) electrons. The van der Waals surface area contributed by atoms with Crippen molar-refractivity contribution in [3.63, 3.8) is 0 Å². The maximum absolute atomic E-state index is 12.8. The zero-order chi connectivity index (χ0) is 20.2. The third-order valence-corrected chi connectivity index (χ3v) is 4.76. The number of methoxy groups -OCH3 is 2. The molecule has 0 unspecified atom stereocenters. The van der Waals surface area contributed by atoms with E-state index in [1.165, 1.54) is 0 Å². The van der Waals surface area contributed by atoms with Crippen LogP contribution in [0.3, 0.4) is 0 Å². The highest BCUT2D eigenvalue weighted by molar-refractivity contribution is 6.30.